The van der Waals surface area contributed by atoms with Gasteiger partial charge in [0.2, 0.25) is 0 Å². The molecule has 2 unspecified atom stereocenters. The fourth-order valence-corrected chi connectivity index (χ4v) is 6.20. The van der Waals surface area contributed by atoms with E-state index in [-0.39, 0.29) is 0 Å². The van der Waals surface area contributed by atoms with Gasteiger partial charge in [0.15, 0.2) is 9.84 Å². The Morgan fingerprint density at radius 3 is 2.10 bits per heavy atom. The molecular formula is C15H29NO3S. The summed E-state index contributed by atoms with van der Waals surface area (Å²) in [5.41, 5.74) is 4.55. The van der Waals surface area contributed by atoms with Gasteiger partial charge in [0, 0.05) is 18.2 Å². The van der Waals surface area contributed by atoms with E-state index in [1.165, 1.54) is 25.5 Å². The Balaban J connectivity index is 2.36. The van der Waals surface area contributed by atoms with Crippen molar-refractivity contribution in [3.8, 4) is 0 Å². The molecule has 0 amide bonds. The lowest BCUT2D eigenvalue weighted by molar-refractivity contribution is -0.0860. The van der Waals surface area contributed by atoms with Crippen LogP contribution in [0.25, 0.3) is 0 Å². The van der Waals surface area contributed by atoms with Gasteiger partial charge in [-0.15, -0.1) is 0 Å². The molecule has 2 rings (SSSR count). The summed E-state index contributed by atoms with van der Waals surface area (Å²) in [6, 6.07) is 0. The lowest BCUT2D eigenvalue weighted by atomic mass is 9.63. The minimum atomic E-state index is -3.23. The molecular weight excluding hydrogens is 274 g/mol. The Morgan fingerprint density at radius 2 is 1.60 bits per heavy atom. The van der Waals surface area contributed by atoms with Crippen LogP contribution in [0.5, 0.6) is 0 Å². The van der Waals surface area contributed by atoms with E-state index in [9.17, 15) is 13.5 Å². The highest BCUT2D eigenvalue weighted by atomic mass is 32.2. The van der Waals surface area contributed by atoms with Gasteiger partial charge in [-0.05, 0) is 32.1 Å². The maximum Gasteiger partial charge on any atom is 0.153 e. The summed E-state index contributed by atoms with van der Waals surface area (Å²) in [5, 5.41) is 10.7. The Hall–Kier alpha value is -0.130. The van der Waals surface area contributed by atoms with Crippen LogP contribution in [-0.2, 0) is 9.84 Å². The predicted molar refractivity (Wildman–Crippen MR) is 81.2 cm³/mol. The molecule has 2 fully saturated rings. The predicted octanol–water partition coefficient (Wildman–Crippen LogP) is 2.00. The van der Waals surface area contributed by atoms with Crippen molar-refractivity contribution in [1.29, 1.82) is 0 Å². The summed E-state index contributed by atoms with van der Waals surface area (Å²) in [5.74, 6) is 0. The molecule has 0 saturated heterocycles. The molecule has 2 aliphatic carbocycles. The van der Waals surface area contributed by atoms with Crippen molar-refractivity contribution in [3.63, 3.8) is 0 Å². The Morgan fingerprint density at radius 1 is 1.05 bits per heavy atom. The van der Waals surface area contributed by atoms with Crippen molar-refractivity contribution in [2.24, 2.45) is 11.1 Å². The SMILES string of the molecule is CS(=O)(=O)C1CCCC1(O)C1(CN)CCCCCCC1. The highest BCUT2D eigenvalue weighted by molar-refractivity contribution is 7.91. The lowest BCUT2D eigenvalue weighted by Gasteiger charge is -2.48. The van der Waals surface area contributed by atoms with E-state index < -0.39 is 26.1 Å². The number of sulfone groups is 1. The van der Waals surface area contributed by atoms with Crippen molar-refractivity contribution < 1.29 is 13.5 Å². The first-order valence-electron chi connectivity index (χ1n) is 7.97. The number of nitrogens with two attached hydrogens (primary N) is 1. The van der Waals surface area contributed by atoms with Gasteiger partial charge >= 0.3 is 0 Å². The summed E-state index contributed by atoms with van der Waals surface area (Å²) in [7, 11) is -3.23. The van der Waals surface area contributed by atoms with Gasteiger partial charge in [0.25, 0.3) is 0 Å². The van der Waals surface area contributed by atoms with Crippen LogP contribution in [0.4, 0.5) is 0 Å². The molecule has 20 heavy (non-hydrogen) atoms. The van der Waals surface area contributed by atoms with Crippen LogP contribution in [0.3, 0.4) is 0 Å². The van der Waals surface area contributed by atoms with Gasteiger partial charge < -0.3 is 10.8 Å². The maximum absolute atomic E-state index is 12.1. The van der Waals surface area contributed by atoms with Crippen molar-refractivity contribution in [1.82, 2.24) is 0 Å². The monoisotopic (exact) mass is 303 g/mol. The van der Waals surface area contributed by atoms with E-state index >= 15 is 0 Å². The van der Waals surface area contributed by atoms with E-state index in [2.05, 4.69) is 0 Å². The van der Waals surface area contributed by atoms with E-state index in [0.717, 1.165) is 32.1 Å². The molecule has 0 spiro atoms. The average molecular weight is 303 g/mol. The Labute approximate surface area is 123 Å². The van der Waals surface area contributed by atoms with Gasteiger partial charge in [-0.1, -0.05) is 32.1 Å². The van der Waals surface area contributed by atoms with Crippen LogP contribution in [-0.4, -0.2) is 37.2 Å². The summed E-state index contributed by atoms with van der Waals surface area (Å²) < 4.78 is 24.2. The summed E-state index contributed by atoms with van der Waals surface area (Å²) in [6.07, 6.45) is 10.6. The van der Waals surface area contributed by atoms with Crippen molar-refractivity contribution in [2.75, 3.05) is 12.8 Å². The van der Waals surface area contributed by atoms with Gasteiger partial charge in [-0.2, -0.15) is 0 Å². The highest BCUT2D eigenvalue weighted by Gasteiger charge is 2.58. The number of aliphatic hydroxyl groups is 1. The van der Waals surface area contributed by atoms with Crippen molar-refractivity contribution in [2.45, 2.75) is 75.1 Å². The van der Waals surface area contributed by atoms with Crippen LogP contribution < -0.4 is 5.73 Å². The second kappa shape index (κ2) is 5.93. The van der Waals surface area contributed by atoms with Gasteiger partial charge in [0.1, 0.15) is 0 Å². The van der Waals surface area contributed by atoms with Gasteiger partial charge in [-0.3, -0.25) is 0 Å². The van der Waals surface area contributed by atoms with E-state index in [1.54, 1.807) is 0 Å². The van der Waals surface area contributed by atoms with Crippen LogP contribution >= 0.6 is 0 Å². The normalized spacial score (nSPS) is 35.5. The first-order valence-corrected chi connectivity index (χ1v) is 9.92. The molecule has 118 valence electrons. The standard InChI is InChI=1S/C15H29NO3S/c1-20(18,19)13-8-7-11-15(13,17)14(12-16)9-5-3-2-4-6-10-14/h13,17H,2-12,16H2,1H3. The minimum absolute atomic E-state index is 0.398. The second-order valence-electron chi connectivity index (χ2n) is 6.89. The fraction of sp³-hybridized carbons (Fsp3) is 1.00. The topological polar surface area (TPSA) is 80.4 Å². The minimum Gasteiger partial charge on any atom is -0.388 e. The quantitative estimate of drug-likeness (QED) is 0.835. The molecule has 0 radical (unpaired) electrons. The van der Waals surface area contributed by atoms with Crippen LogP contribution in [0.2, 0.25) is 0 Å². The molecule has 0 bridgehead atoms. The zero-order valence-electron chi connectivity index (χ0n) is 12.6. The van der Waals surface area contributed by atoms with Crippen LogP contribution in [0.15, 0.2) is 0 Å². The largest absolute Gasteiger partial charge is 0.388 e. The first-order chi connectivity index (χ1) is 9.36. The molecule has 0 aromatic carbocycles. The molecule has 4 nitrogen and oxygen atoms in total. The van der Waals surface area contributed by atoms with Gasteiger partial charge in [-0.25, -0.2) is 8.42 Å². The third-order valence-electron chi connectivity index (χ3n) is 5.69. The van der Waals surface area contributed by atoms with Gasteiger partial charge in [0.05, 0.1) is 10.9 Å². The Kier molecular flexibility index (Phi) is 4.82. The molecule has 0 aromatic rings. The van der Waals surface area contributed by atoms with Crippen LogP contribution in [0, 0.1) is 5.41 Å². The Bertz CT molecular complexity index is 426. The molecule has 0 heterocycles. The molecule has 0 aliphatic heterocycles. The summed E-state index contributed by atoms with van der Waals surface area (Å²) in [6.45, 7) is 0.398. The van der Waals surface area contributed by atoms with Crippen LogP contribution in [0.1, 0.15) is 64.2 Å². The second-order valence-corrected chi connectivity index (χ2v) is 9.11. The van der Waals surface area contributed by atoms with E-state index in [1.807, 2.05) is 0 Å². The van der Waals surface area contributed by atoms with E-state index in [4.69, 9.17) is 5.73 Å². The smallest absolute Gasteiger partial charge is 0.153 e. The third-order valence-corrected chi connectivity index (χ3v) is 7.35. The van der Waals surface area contributed by atoms with E-state index in [0.29, 0.717) is 19.4 Å². The zero-order chi connectivity index (χ0) is 14.9. The first kappa shape index (κ1) is 16.2. The summed E-state index contributed by atoms with van der Waals surface area (Å²) in [4.78, 5) is 0. The molecule has 3 N–H and O–H groups in total. The summed E-state index contributed by atoms with van der Waals surface area (Å²) >= 11 is 0. The fourth-order valence-electron chi connectivity index (χ4n) is 4.53. The number of hydrogen-bond donors (Lipinski definition) is 2. The molecule has 2 atom stereocenters. The van der Waals surface area contributed by atoms with Crippen molar-refractivity contribution in [3.05, 3.63) is 0 Å². The zero-order valence-corrected chi connectivity index (χ0v) is 13.4. The molecule has 2 saturated carbocycles. The third kappa shape index (κ3) is 2.77. The highest BCUT2D eigenvalue weighted by Crippen LogP contribution is 2.52. The number of hydrogen-bond acceptors (Lipinski definition) is 4. The average Bonchev–Trinajstić information content (AvgIpc) is 2.73. The van der Waals surface area contributed by atoms with Crippen molar-refractivity contribution >= 4 is 9.84 Å². The lowest BCUT2D eigenvalue weighted by Crippen LogP contribution is -2.59. The number of rotatable bonds is 3. The molecule has 5 heteroatoms. The maximum atomic E-state index is 12.1. The molecule has 0 aromatic heterocycles. The molecule has 2 aliphatic rings.